The molecule has 2 unspecified atom stereocenters. The Hall–Kier alpha value is -0.120. The predicted octanol–water partition coefficient (Wildman–Crippen LogP) is 0.550. The molecule has 82 valence electrons. The van der Waals surface area contributed by atoms with E-state index in [1.54, 1.807) is 0 Å². The van der Waals surface area contributed by atoms with Gasteiger partial charge in [-0.05, 0) is 39.2 Å². The number of hydrogen-bond acceptors (Lipinski definition) is 3. The molecule has 0 amide bonds. The lowest BCUT2D eigenvalue weighted by Gasteiger charge is -2.16. The van der Waals surface area contributed by atoms with E-state index in [0.717, 1.165) is 25.0 Å². The van der Waals surface area contributed by atoms with Gasteiger partial charge in [0.05, 0.1) is 0 Å². The van der Waals surface area contributed by atoms with Crippen LogP contribution >= 0.6 is 0 Å². The second-order valence-corrected chi connectivity index (χ2v) is 4.93. The summed E-state index contributed by atoms with van der Waals surface area (Å²) in [5.41, 5.74) is 5.71. The number of nitrogens with zero attached hydrogens (tertiary/aromatic N) is 1. The fourth-order valence-electron chi connectivity index (χ4n) is 2.24. The molecule has 3 nitrogen and oxygen atoms in total. The van der Waals surface area contributed by atoms with Crippen LogP contribution < -0.4 is 11.1 Å². The number of rotatable bonds is 5. The van der Waals surface area contributed by atoms with Crippen LogP contribution in [0.3, 0.4) is 0 Å². The standard InChI is InChI=1S/C11H23N3/c1-9(12)4-6-13-10-5-7-14(8-10)11-2-3-11/h9-11,13H,2-8,12H2,1H3. The van der Waals surface area contributed by atoms with Crippen molar-refractivity contribution in [1.82, 2.24) is 10.2 Å². The molecule has 1 aliphatic carbocycles. The van der Waals surface area contributed by atoms with Crippen LogP contribution in [0.4, 0.5) is 0 Å². The highest BCUT2D eigenvalue weighted by Gasteiger charge is 2.33. The van der Waals surface area contributed by atoms with Crippen LogP contribution in [0.5, 0.6) is 0 Å². The minimum absolute atomic E-state index is 0.337. The minimum Gasteiger partial charge on any atom is -0.328 e. The van der Waals surface area contributed by atoms with Crippen molar-refractivity contribution in [2.24, 2.45) is 5.73 Å². The summed E-state index contributed by atoms with van der Waals surface area (Å²) in [6.45, 7) is 5.73. The van der Waals surface area contributed by atoms with Gasteiger partial charge in [-0.15, -0.1) is 0 Å². The highest BCUT2D eigenvalue weighted by Crippen LogP contribution is 2.29. The van der Waals surface area contributed by atoms with Gasteiger partial charge in [-0.3, -0.25) is 4.90 Å². The van der Waals surface area contributed by atoms with Gasteiger partial charge in [-0.2, -0.15) is 0 Å². The fourth-order valence-corrected chi connectivity index (χ4v) is 2.24. The zero-order chi connectivity index (χ0) is 9.97. The predicted molar refractivity (Wildman–Crippen MR) is 59.3 cm³/mol. The molecular weight excluding hydrogens is 174 g/mol. The second-order valence-electron chi connectivity index (χ2n) is 4.93. The molecule has 14 heavy (non-hydrogen) atoms. The van der Waals surface area contributed by atoms with Crippen molar-refractivity contribution >= 4 is 0 Å². The van der Waals surface area contributed by atoms with E-state index in [-0.39, 0.29) is 0 Å². The van der Waals surface area contributed by atoms with Crippen molar-refractivity contribution in [3.8, 4) is 0 Å². The van der Waals surface area contributed by atoms with E-state index >= 15 is 0 Å². The zero-order valence-corrected chi connectivity index (χ0v) is 9.21. The highest BCUT2D eigenvalue weighted by molar-refractivity contribution is 4.91. The molecular formula is C11H23N3. The Bertz CT molecular complexity index is 177. The third kappa shape index (κ3) is 2.94. The number of likely N-dealkylation sites (tertiary alicyclic amines) is 1. The van der Waals surface area contributed by atoms with Crippen molar-refractivity contribution in [2.75, 3.05) is 19.6 Å². The summed E-state index contributed by atoms with van der Waals surface area (Å²) in [4.78, 5) is 2.64. The lowest BCUT2D eigenvalue weighted by Crippen LogP contribution is -2.35. The Kier molecular flexibility index (Phi) is 3.42. The maximum atomic E-state index is 5.71. The topological polar surface area (TPSA) is 41.3 Å². The van der Waals surface area contributed by atoms with Crippen LogP contribution in [0.15, 0.2) is 0 Å². The van der Waals surface area contributed by atoms with E-state index < -0.39 is 0 Å². The molecule has 1 aliphatic heterocycles. The van der Waals surface area contributed by atoms with Gasteiger partial charge >= 0.3 is 0 Å². The van der Waals surface area contributed by atoms with Gasteiger partial charge in [-0.25, -0.2) is 0 Å². The average Bonchev–Trinajstić information content (AvgIpc) is 2.87. The molecule has 2 aliphatic rings. The normalized spacial score (nSPS) is 30.9. The maximum Gasteiger partial charge on any atom is 0.0207 e. The molecule has 1 saturated carbocycles. The van der Waals surface area contributed by atoms with Crippen molar-refractivity contribution in [1.29, 1.82) is 0 Å². The van der Waals surface area contributed by atoms with Gasteiger partial charge in [0.1, 0.15) is 0 Å². The van der Waals surface area contributed by atoms with E-state index in [1.165, 1.54) is 32.4 Å². The SMILES string of the molecule is CC(N)CCNC1CCN(C2CC2)C1. The Labute approximate surface area is 87.0 Å². The largest absolute Gasteiger partial charge is 0.328 e. The summed E-state index contributed by atoms with van der Waals surface area (Å²) in [7, 11) is 0. The number of nitrogens with one attached hydrogen (secondary N) is 1. The smallest absolute Gasteiger partial charge is 0.0207 e. The molecule has 0 spiro atoms. The Balaban J connectivity index is 1.58. The molecule has 0 aromatic rings. The van der Waals surface area contributed by atoms with E-state index in [9.17, 15) is 0 Å². The molecule has 1 saturated heterocycles. The van der Waals surface area contributed by atoms with E-state index in [2.05, 4.69) is 17.1 Å². The Morgan fingerprint density at radius 2 is 2.21 bits per heavy atom. The summed E-state index contributed by atoms with van der Waals surface area (Å²) in [6.07, 6.45) is 5.30. The first-order valence-electron chi connectivity index (χ1n) is 5.98. The van der Waals surface area contributed by atoms with E-state index in [4.69, 9.17) is 5.73 Å². The molecule has 2 rings (SSSR count). The number of hydrogen-bond donors (Lipinski definition) is 2. The van der Waals surface area contributed by atoms with Crippen LogP contribution in [0.1, 0.15) is 32.6 Å². The second kappa shape index (κ2) is 4.60. The Morgan fingerprint density at radius 1 is 1.43 bits per heavy atom. The average molecular weight is 197 g/mol. The van der Waals surface area contributed by atoms with Gasteiger partial charge in [0, 0.05) is 31.2 Å². The van der Waals surface area contributed by atoms with Gasteiger partial charge in [0.15, 0.2) is 0 Å². The lowest BCUT2D eigenvalue weighted by molar-refractivity contribution is 0.317. The monoisotopic (exact) mass is 197 g/mol. The quantitative estimate of drug-likeness (QED) is 0.676. The van der Waals surface area contributed by atoms with Crippen molar-refractivity contribution in [3.05, 3.63) is 0 Å². The molecule has 0 aromatic heterocycles. The highest BCUT2D eigenvalue weighted by atomic mass is 15.2. The third-order valence-corrected chi connectivity index (χ3v) is 3.32. The summed E-state index contributed by atoms with van der Waals surface area (Å²) >= 11 is 0. The first-order chi connectivity index (χ1) is 6.75. The maximum absolute atomic E-state index is 5.71. The third-order valence-electron chi connectivity index (χ3n) is 3.32. The first kappa shape index (κ1) is 10.4. The molecule has 3 N–H and O–H groups in total. The van der Waals surface area contributed by atoms with Crippen LogP contribution in [0.25, 0.3) is 0 Å². The minimum atomic E-state index is 0.337. The summed E-state index contributed by atoms with van der Waals surface area (Å²) in [6, 6.07) is 2.01. The van der Waals surface area contributed by atoms with Crippen LogP contribution in [0.2, 0.25) is 0 Å². The van der Waals surface area contributed by atoms with Crippen LogP contribution in [-0.2, 0) is 0 Å². The summed E-state index contributed by atoms with van der Waals surface area (Å²) in [5, 5.41) is 3.60. The van der Waals surface area contributed by atoms with Gasteiger partial charge in [0.2, 0.25) is 0 Å². The van der Waals surface area contributed by atoms with Crippen molar-refractivity contribution in [3.63, 3.8) is 0 Å². The molecule has 2 fully saturated rings. The first-order valence-corrected chi connectivity index (χ1v) is 5.98. The van der Waals surface area contributed by atoms with Gasteiger partial charge in [0.25, 0.3) is 0 Å². The summed E-state index contributed by atoms with van der Waals surface area (Å²) < 4.78 is 0. The van der Waals surface area contributed by atoms with Crippen LogP contribution in [0, 0.1) is 0 Å². The van der Waals surface area contributed by atoms with Crippen molar-refractivity contribution < 1.29 is 0 Å². The number of nitrogens with two attached hydrogens (primary N) is 1. The lowest BCUT2D eigenvalue weighted by atomic mass is 10.2. The van der Waals surface area contributed by atoms with E-state index in [1.807, 2.05) is 0 Å². The summed E-state index contributed by atoms with van der Waals surface area (Å²) in [5.74, 6) is 0. The van der Waals surface area contributed by atoms with Crippen LogP contribution in [-0.4, -0.2) is 42.7 Å². The molecule has 1 heterocycles. The fraction of sp³-hybridized carbons (Fsp3) is 1.00. The molecule has 0 bridgehead atoms. The molecule has 2 atom stereocenters. The van der Waals surface area contributed by atoms with E-state index in [0.29, 0.717) is 6.04 Å². The molecule has 0 aromatic carbocycles. The Morgan fingerprint density at radius 3 is 2.86 bits per heavy atom. The molecule has 0 radical (unpaired) electrons. The molecule has 3 heteroatoms. The van der Waals surface area contributed by atoms with Gasteiger partial charge in [-0.1, -0.05) is 0 Å². The van der Waals surface area contributed by atoms with Crippen molar-refractivity contribution in [2.45, 2.75) is 50.7 Å². The van der Waals surface area contributed by atoms with Gasteiger partial charge < -0.3 is 11.1 Å². The zero-order valence-electron chi connectivity index (χ0n) is 9.21.